The summed E-state index contributed by atoms with van der Waals surface area (Å²) in [4.78, 5) is 19.4. The van der Waals surface area contributed by atoms with Crippen molar-refractivity contribution in [2.75, 3.05) is 12.3 Å². The molecule has 0 aromatic heterocycles. The number of thioether (sulfide) groups is 1. The van der Waals surface area contributed by atoms with Crippen molar-refractivity contribution < 1.29 is 9.53 Å². The highest BCUT2D eigenvalue weighted by molar-refractivity contribution is 8.00. The first kappa shape index (κ1) is 21.0. The van der Waals surface area contributed by atoms with Crippen molar-refractivity contribution in [1.82, 2.24) is 4.90 Å². The van der Waals surface area contributed by atoms with E-state index in [0.717, 1.165) is 48.8 Å². The van der Waals surface area contributed by atoms with Gasteiger partial charge >= 0.3 is 6.09 Å². The second-order valence-electron chi connectivity index (χ2n) is 9.07. The van der Waals surface area contributed by atoms with E-state index < -0.39 is 6.09 Å². The zero-order valence-electron chi connectivity index (χ0n) is 17.6. The highest BCUT2D eigenvalue weighted by Gasteiger charge is 2.49. The van der Waals surface area contributed by atoms with Crippen LogP contribution in [0.2, 0.25) is 5.02 Å². The first-order valence-corrected chi connectivity index (χ1v) is 12.2. The largest absolute Gasteiger partial charge is 0.444 e. The Kier molecular flexibility index (Phi) is 6.17. The summed E-state index contributed by atoms with van der Waals surface area (Å²) in [5.74, 6) is 3.47. The molecule has 1 aliphatic carbocycles. The Balaban J connectivity index is 1.50. The smallest absolute Gasteiger partial charge is 0.435 e. The standard InChI is InChI=1S/C23H31ClN2O2S/c1-15(2)19-9-4-16(3)14-20(19)28-22(27)25-21-10-11-23(26(21)12-13-29-23)17-5-7-18(24)8-6-17/h5-8,15-16,19-20H,4,9-14H2,1-3H3/b25-21-/t16-,19+,20-,23-/m1/s1. The molecule has 2 saturated heterocycles. The summed E-state index contributed by atoms with van der Waals surface area (Å²) in [6, 6.07) is 8.10. The number of benzene rings is 1. The van der Waals surface area contributed by atoms with E-state index in [4.69, 9.17) is 16.3 Å². The predicted octanol–water partition coefficient (Wildman–Crippen LogP) is 6.33. The maximum absolute atomic E-state index is 12.8. The molecule has 2 heterocycles. The van der Waals surface area contributed by atoms with Gasteiger partial charge in [-0.05, 0) is 54.7 Å². The number of amides is 1. The molecular formula is C23H31ClN2O2S. The molecule has 3 fully saturated rings. The Morgan fingerprint density at radius 2 is 2.07 bits per heavy atom. The Hall–Kier alpha value is -1.20. The highest BCUT2D eigenvalue weighted by atomic mass is 35.5. The molecule has 1 aromatic carbocycles. The van der Waals surface area contributed by atoms with Gasteiger partial charge in [-0.2, -0.15) is 4.99 Å². The van der Waals surface area contributed by atoms with Crippen molar-refractivity contribution in [3.8, 4) is 0 Å². The summed E-state index contributed by atoms with van der Waals surface area (Å²) in [7, 11) is 0. The van der Waals surface area contributed by atoms with Crippen LogP contribution in [0.4, 0.5) is 4.79 Å². The van der Waals surface area contributed by atoms with Crippen LogP contribution in [0.5, 0.6) is 0 Å². The molecule has 3 aliphatic rings. The molecule has 4 nitrogen and oxygen atoms in total. The number of aliphatic imine (C=N–C) groups is 1. The fraction of sp³-hybridized carbons (Fsp3) is 0.652. The Bertz CT molecular complexity index is 782. The van der Waals surface area contributed by atoms with Gasteiger partial charge in [0, 0.05) is 23.7 Å². The zero-order valence-corrected chi connectivity index (χ0v) is 19.1. The van der Waals surface area contributed by atoms with Crippen molar-refractivity contribution in [1.29, 1.82) is 0 Å². The number of halogens is 1. The predicted molar refractivity (Wildman–Crippen MR) is 121 cm³/mol. The van der Waals surface area contributed by atoms with Crippen LogP contribution < -0.4 is 0 Å². The van der Waals surface area contributed by atoms with Gasteiger partial charge in [0.25, 0.3) is 0 Å². The van der Waals surface area contributed by atoms with E-state index in [1.165, 1.54) is 12.0 Å². The van der Waals surface area contributed by atoms with E-state index in [-0.39, 0.29) is 11.0 Å². The molecular weight excluding hydrogens is 404 g/mol. The maximum atomic E-state index is 12.8. The average molecular weight is 435 g/mol. The SMILES string of the molecule is CC(C)[C@@H]1CC[C@@H](C)C[C@H]1OC(=O)/N=C1/CC[C@]2(c3ccc(Cl)cc3)SCCN12. The van der Waals surface area contributed by atoms with E-state index in [1.807, 2.05) is 23.9 Å². The van der Waals surface area contributed by atoms with Gasteiger partial charge in [0.05, 0.1) is 0 Å². The first-order valence-electron chi connectivity index (χ1n) is 10.8. The normalized spacial score (nSPS) is 33.3. The zero-order chi connectivity index (χ0) is 20.6. The number of carbonyl (C=O) groups excluding carboxylic acids is 1. The number of fused-ring (bicyclic) bond motifs is 1. The molecule has 6 heteroatoms. The van der Waals surface area contributed by atoms with Gasteiger partial charge in [0.2, 0.25) is 0 Å². The summed E-state index contributed by atoms with van der Waals surface area (Å²) in [5.41, 5.74) is 1.24. The van der Waals surface area contributed by atoms with Gasteiger partial charge in [0.15, 0.2) is 0 Å². The van der Waals surface area contributed by atoms with Gasteiger partial charge in [-0.25, -0.2) is 4.79 Å². The number of nitrogens with zero attached hydrogens (tertiary/aromatic N) is 2. The van der Waals surface area contributed by atoms with Crippen LogP contribution in [0, 0.1) is 17.8 Å². The molecule has 1 saturated carbocycles. The van der Waals surface area contributed by atoms with Gasteiger partial charge in [-0.3, -0.25) is 0 Å². The fourth-order valence-electron chi connectivity index (χ4n) is 5.25. The van der Waals surface area contributed by atoms with E-state index in [1.54, 1.807) is 0 Å². The third-order valence-corrected chi connectivity index (χ3v) is 8.60. The number of rotatable bonds is 3. The van der Waals surface area contributed by atoms with Crippen LogP contribution in [0.3, 0.4) is 0 Å². The number of carbonyl (C=O) groups is 1. The summed E-state index contributed by atoms with van der Waals surface area (Å²) < 4.78 is 5.92. The van der Waals surface area contributed by atoms with Gasteiger partial charge < -0.3 is 9.64 Å². The van der Waals surface area contributed by atoms with E-state index in [2.05, 4.69) is 42.8 Å². The van der Waals surface area contributed by atoms with Crippen molar-refractivity contribution in [2.45, 2.75) is 63.9 Å². The minimum absolute atomic E-state index is 0.00835. The second kappa shape index (κ2) is 8.50. The summed E-state index contributed by atoms with van der Waals surface area (Å²) in [6.45, 7) is 7.62. The molecule has 1 aromatic rings. The summed E-state index contributed by atoms with van der Waals surface area (Å²) in [6.07, 6.45) is 4.66. The van der Waals surface area contributed by atoms with Crippen molar-refractivity contribution in [3.63, 3.8) is 0 Å². The van der Waals surface area contributed by atoms with Crippen molar-refractivity contribution in [3.05, 3.63) is 34.9 Å². The van der Waals surface area contributed by atoms with E-state index in [0.29, 0.717) is 17.8 Å². The number of hydrogen-bond acceptors (Lipinski definition) is 3. The molecule has 0 bridgehead atoms. The molecule has 0 unspecified atom stereocenters. The second-order valence-corrected chi connectivity index (χ2v) is 10.9. The third kappa shape index (κ3) is 4.18. The molecule has 158 valence electrons. The Labute approximate surface area is 183 Å². The van der Waals surface area contributed by atoms with Crippen LogP contribution in [0.1, 0.15) is 58.4 Å². The molecule has 1 amide bonds. The van der Waals surface area contributed by atoms with Gasteiger partial charge in [0.1, 0.15) is 16.8 Å². The highest BCUT2D eigenvalue weighted by Crippen LogP contribution is 2.52. The lowest BCUT2D eigenvalue weighted by molar-refractivity contribution is 0.0106. The van der Waals surface area contributed by atoms with Crippen LogP contribution in [-0.4, -0.2) is 35.2 Å². The Morgan fingerprint density at radius 1 is 1.31 bits per heavy atom. The maximum Gasteiger partial charge on any atom is 0.435 e. The number of hydrogen-bond donors (Lipinski definition) is 0. The number of amidine groups is 1. The van der Waals surface area contributed by atoms with Crippen molar-refractivity contribution in [2.24, 2.45) is 22.7 Å². The molecule has 4 atom stereocenters. The average Bonchev–Trinajstić information content (AvgIpc) is 3.23. The lowest BCUT2D eigenvalue weighted by Gasteiger charge is -2.36. The first-order chi connectivity index (χ1) is 13.9. The topological polar surface area (TPSA) is 41.9 Å². The van der Waals surface area contributed by atoms with Crippen LogP contribution in [0.25, 0.3) is 0 Å². The molecule has 4 rings (SSSR count). The third-order valence-electron chi connectivity index (χ3n) is 6.82. The van der Waals surface area contributed by atoms with E-state index in [9.17, 15) is 4.79 Å². The quantitative estimate of drug-likeness (QED) is 0.557. The fourth-order valence-corrected chi connectivity index (χ4v) is 6.89. The minimum Gasteiger partial charge on any atom is -0.444 e. The van der Waals surface area contributed by atoms with Crippen LogP contribution >= 0.6 is 23.4 Å². The van der Waals surface area contributed by atoms with Crippen molar-refractivity contribution >= 4 is 35.3 Å². The van der Waals surface area contributed by atoms with E-state index >= 15 is 0 Å². The molecule has 0 spiro atoms. The summed E-state index contributed by atoms with van der Waals surface area (Å²) >= 11 is 8.03. The molecule has 0 N–H and O–H groups in total. The molecule has 2 aliphatic heterocycles. The van der Waals surface area contributed by atoms with Gasteiger partial charge in [-0.15, -0.1) is 11.8 Å². The number of ether oxygens (including phenoxy) is 1. The van der Waals surface area contributed by atoms with Crippen LogP contribution in [0.15, 0.2) is 29.3 Å². The summed E-state index contributed by atoms with van der Waals surface area (Å²) in [5, 5.41) is 0.747. The minimum atomic E-state index is -0.409. The monoisotopic (exact) mass is 434 g/mol. The lowest BCUT2D eigenvalue weighted by atomic mass is 9.75. The molecule has 29 heavy (non-hydrogen) atoms. The lowest BCUT2D eigenvalue weighted by Crippen LogP contribution is -2.38. The van der Waals surface area contributed by atoms with Gasteiger partial charge in [-0.1, -0.05) is 50.9 Å². The Morgan fingerprint density at radius 3 is 2.79 bits per heavy atom. The van der Waals surface area contributed by atoms with Crippen LogP contribution in [-0.2, 0) is 9.61 Å². The molecule has 0 radical (unpaired) electrons.